The van der Waals surface area contributed by atoms with E-state index in [0.717, 1.165) is 0 Å². The lowest BCUT2D eigenvalue weighted by Crippen LogP contribution is -1.91. The van der Waals surface area contributed by atoms with Crippen LogP contribution in [0, 0.1) is 0 Å². The van der Waals surface area contributed by atoms with Crippen molar-refractivity contribution in [2.24, 2.45) is 0 Å². The van der Waals surface area contributed by atoms with Crippen LogP contribution in [0.15, 0.2) is 12.4 Å². The number of rotatable bonds is 11. The second-order valence-electron chi connectivity index (χ2n) is 5.48. The second-order valence-corrected chi connectivity index (χ2v) is 5.48. The summed E-state index contributed by atoms with van der Waals surface area (Å²) in [6, 6.07) is 0. The third-order valence-corrected chi connectivity index (χ3v) is 3.78. The molecule has 104 valence electrons. The van der Waals surface area contributed by atoms with Gasteiger partial charge >= 0.3 is 0 Å². The number of aromatic amines is 1. The smallest absolute Gasteiger partial charge is 0.00401 e. The molecular formula is C17H31N. The van der Waals surface area contributed by atoms with E-state index < -0.39 is 0 Å². The summed E-state index contributed by atoms with van der Waals surface area (Å²) < 4.78 is 0. The minimum atomic E-state index is 1.27. The van der Waals surface area contributed by atoms with E-state index in [1.165, 1.54) is 70.6 Å². The summed E-state index contributed by atoms with van der Waals surface area (Å²) in [5.41, 5.74) is 3.14. The third-order valence-electron chi connectivity index (χ3n) is 3.78. The molecule has 0 aliphatic heterocycles. The molecule has 0 atom stereocenters. The Balaban J connectivity index is 2.15. The predicted octanol–water partition coefficient (Wildman–Crippen LogP) is 5.65. The van der Waals surface area contributed by atoms with Gasteiger partial charge in [-0.1, -0.05) is 58.8 Å². The fraction of sp³-hybridized carbons (Fsp3) is 0.765. The van der Waals surface area contributed by atoms with Crippen molar-refractivity contribution in [1.82, 2.24) is 4.98 Å². The molecule has 0 radical (unpaired) electrons. The van der Waals surface area contributed by atoms with E-state index in [1.54, 1.807) is 11.1 Å². The zero-order valence-corrected chi connectivity index (χ0v) is 12.4. The van der Waals surface area contributed by atoms with Crippen LogP contribution in [0.25, 0.3) is 0 Å². The van der Waals surface area contributed by atoms with E-state index in [9.17, 15) is 0 Å². The van der Waals surface area contributed by atoms with Crippen LogP contribution in [0.1, 0.15) is 82.8 Å². The SMILES string of the molecule is CCCCCCCCc1c[nH]cc1CCCCC. The maximum Gasteiger partial charge on any atom is 0.00401 e. The topological polar surface area (TPSA) is 15.8 Å². The Morgan fingerprint density at radius 3 is 1.72 bits per heavy atom. The highest BCUT2D eigenvalue weighted by atomic mass is 14.6. The van der Waals surface area contributed by atoms with Crippen LogP contribution in [0.5, 0.6) is 0 Å². The molecule has 0 aromatic carbocycles. The first-order valence-corrected chi connectivity index (χ1v) is 8.03. The molecule has 1 aromatic heterocycles. The molecule has 0 fully saturated rings. The Bertz CT molecular complexity index is 288. The van der Waals surface area contributed by atoms with Crippen molar-refractivity contribution in [2.75, 3.05) is 0 Å². The van der Waals surface area contributed by atoms with Crippen LogP contribution in [0.2, 0.25) is 0 Å². The molecule has 0 saturated carbocycles. The van der Waals surface area contributed by atoms with Crippen molar-refractivity contribution in [3.8, 4) is 0 Å². The molecular weight excluding hydrogens is 218 g/mol. The summed E-state index contributed by atoms with van der Waals surface area (Å²) in [6.45, 7) is 4.55. The van der Waals surface area contributed by atoms with Gasteiger partial charge in [-0.25, -0.2) is 0 Å². The van der Waals surface area contributed by atoms with Gasteiger partial charge in [0.15, 0.2) is 0 Å². The third kappa shape index (κ3) is 6.28. The van der Waals surface area contributed by atoms with Crippen molar-refractivity contribution in [3.05, 3.63) is 23.5 Å². The standard InChI is InChI=1S/C17H31N/c1-3-5-7-8-9-11-13-17-15-18-14-16(17)12-10-6-4-2/h14-15,18H,3-13H2,1-2H3. The van der Waals surface area contributed by atoms with Crippen LogP contribution in [0.3, 0.4) is 0 Å². The van der Waals surface area contributed by atoms with Crippen molar-refractivity contribution in [1.29, 1.82) is 0 Å². The number of H-pyrrole nitrogens is 1. The van der Waals surface area contributed by atoms with Gasteiger partial charge < -0.3 is 4.98 Å². The molecule has 0 saturated heterocycles. The highest BCUT2D eigenvalue weighted by molar-refractivity contribution is 5.23. The molecule has 1 heterocycles. The molecule has 0 bridgehead atoms. The van der Waals surface area contributed by atoms with Gasteiger partial charge in [0.1, 0.15) is 0 Å². The van der Waals surface area contributed by atoms with Gasteiger partial charge in [-0.05, 0) is 36.8 Å². The maximum atomic E-state index is 3.29. The lowest BCUT2D eigenvalue weighted by Gasteiger charge is -2.04. The largest absolute Gasteiger partial charge is 0.367 e. The Kier molecular flexibility index (Phi) is 8.71. The highest BCUT2D eigenvalue weighted by Crippen LogP contribution is 2.16. The summed E-state index contributed by atoms with van der Waals surface area (Å²) in [6.07, 6.45) is 19.4. The molecule has 0 unspecified atom stereocenters. The molecule has 18 heavy (non-hydrogen) atoms. The average Bonchev–Trinajstić information content (AvgIpc) is 2.82. The Labute approximate surface area is 113 Å². The van der Waals surface area contributed by atoms with E-state index in [-0.39, 0.29) is 0 Å². The van der Waals surface area contributed by atoms with Gasteiger partial charge in [-0.2, -0.15) is 0 Å². The second kappa shape index (κ2) is 10.2. The quantitative estimate of drug-likeness (QED) is 0.488. The van der Waals surface area contributed by atoms with Gasteiger partial charge in [-0.15, -0.1) is 0 Å². The molecule has 0 amide bonds. The molecule has 1 aromatic rings. The van der Waals surface area contributed by atoms with Gasteiger partial charge in [0, 0.05) is 12.4 Å². The van der Waals surface area contributed by atoms with Crippen LogP contribution in [0.4, 0.5) is 0 Å². The molecule has 1 N–H and O–H groups in total. The van der Waals surface area contributed by atoms with Gasteiger partial charge in [0.05, 0.1) is 0 Å². The summed E-state index contributed by atoms with van der Waals surface area (Å²) >= 11 is 0. The predicted molar refractivity (Wildman–Crippen MR) is 81.1 cm³/mol. The van der Waals surface area contributed by atoms with Crippen molar-refractivity contribution >= 4 is 0 Å². The molecule has 0 aliphatic carbocycles. The van der Waals surface area contributed by atoms with E-state index in [2.05, 4.69) is 31.2 Å². The van der Waals surface area contributed by atoms with Crippen LogP contribution in [-0.4, -0.2) is 4.98 Å². The van der Waals surface area contributed by atoms with E-state index >= 15 is 0 Å². The Morgan fingerprint density at radius 1 is 0.667 bits per heavy atom. The normalized spacial score (nSPS) is 11.0. The van der Waals surface area contributed by atoms with Crippen molar-refractivity contribution in [2.45, 2.75) is 84.5 Å². The maximum absolute atomic E-state index is 3.29. The molecule has 0 spiro atoms. The van der Waals surface area contributed by atoms with E-state index in [1.807, 2.05) is 0 Å². The van der Waals surface area contributed by atoms with Crippen LogP contribution < -0.4 is 0 Å². The number of hydrogen-bond donors (Lipinski definition) is 1. The molecule has 1 heteroatoms. The van der Waals surface area contributed by atoms with Crippen molar-refractivity contribution in [3.63, 3.8) is 0 Å². The zero-order valence-electron chi connectivity index (χ0n) is 12.4. The molecule has 1 nitrogen and oxygen atoms in total. The van der Waals surface area contributed by atoms with Gasteiger partial charge in [-0.3, -0.25) is 0 Å². The summed E-state index contributed by atoms with van der Waals surface area (Å²) in [7, 11) is 0. The van der Waals surface area contributed by atoms with Gasteiger partial charge in [0.25, 0.3) is 0 Å². The van der Waals surface area contributed by atoms with E-state index in [0.29, 0.717) is 0 Å². The summed E-state index contributed by atoms with van der Waals surface area (Å²) in [5.74, 6) is 0. The Hall–Kier alpha value is -0.720. The number of nitrogens with one attached hydrogen (secondary N) is 1. The monoisotopic (exact) mass is 249 g/mol. The minimum Gasteiger partial charge on any atom is -0.367 e. The number of unbranched alkanes of at least 4 members (excludes halogenated alkanes) is 7. The number of hydrogen-bond acceptors (Lipinski definition) is 0. The zero-order chi connectivity index (χ0) is 13.1. The number of aromatic nitrogens is 1. The average molecular weight is 249 g/mol. The first-order chi connectivity index (χ1) is 8.88. The summed E-state index contributed by atoms with van der Waals surface area (Å²) in [5, 5.41) is 0. The van der Waals surface area contributed by atoms with Crippen LogP contribution >= 0.6 is 0 Å². The fourth-order valence-corrected chi connectivity index (χ4v) is 2.55. The molecule has 0 aliphatic rings. The summed E-state index contributed by atoms with van der Waals surface area (Å²) in [4.78, 5) is 3.29. The minimum absolute atomic E-state index is 1.27. The number of aryl methyl sites for hydroxylation is 2. The lowest BCUT2D eigenvalue weighted by atomic mass is 10.0. The van der Waals surface area contributed by atoms with E-state index in [4.69, 9.17) is 0 Å². The van der Waals surface area contributed by atoms with Crippen molar-refractivity contribution < 1.29 is 0 Å². The van der Waals surface area contributed by atoms with Crippen LogP contribution in [-0.2, 0) is 12.8 Å². The first kappa shape index (κ1) is 15.3. The fourth-order valence-electron chi connectivity index (χ4n) is 2.55. The lowest BCUT2D eigenvalue weighted by molar-refractivity contribution is 0.606. The Morgan fingerprint density at radius 2 is 1.11 bits per heavy atom. The van der Waals surface area contributed by atoms with Gasteiger partial charge in [0.2, 0.25) is 0 Å². The highest BCUT2D eigenvalue weighted by Gasteiger charge is 2.03. The molecule has 1 rings (SSSR count). The first-order valence-electron chi connectivity index (χ1n) is 8.03.